The summed E-state index contributed by atoms with van der Waals surface area (Å²) in [5, 5.41) is 14.7. The highest BCUT2D eigenvalue weighted by molar-refractivity contribution is 7.12. The first kappa shape index (κ1) is 15.7. The van der Waals surface area contributed by atoms with Gasteiger partial charge in [-0.1, -0.05) is 39.0 Å². The van der Waals surface area contributed by atoms with E-state index in [4.69, 9.17) is 0 Å². The van der Waals surface area contributed by atoms with Gasteiger partial charge in [-0.2, -0.15) is 0 Å². The van der Waals surface area contributed by atoms with Crippen LogP contribution in [0.15, 0.2) is 35.7 Å². The molecule has 1 heterocycles. The third-order valence-electron chi connectivity index (χ3n) is 3.36. The molecule has 0 fully saturated rings. The van der Waals surface area contributed by atoms with Gasteiger partial charge in [0.2, 0.25) is 0 Å². The van der Waals surface area contributed by atoms with Crippen LogP contribution in [-0.4, -0.2) is 11.0 Å². The molecule has 4 heteroatoms. The fourth-order valence-corrected chi connectivity index (χ4v) is 2.71. The SMILES string of the molecule is CC(O)c1ccc(C(C)(C)C)cc1NC(=O)c1cccs1. The lowest BCUT2D eigenvalue weighted by molar-refractivity contribution is 0.103. The number of carbonyl (C=O) groups excluding carboxylic acids is 1. The van der Waals surface area contributed by atoms with Crippen molar-refractivity contribution in [3.63, 3.8) is 0 Å². The highest BCUT2D eigenvalue weighted by atomic mass is 32.1. The molecule has 1 aromatic carbocycles. The van der Waals surface area contributed by atoms with Crippen molar-refractivity contribution in [2.45, 2.75) is 39.2 Å². The Labute approximate surface area is 129 Å². The Balaban J connectivity index is 2.37. The number of hydrogen-bond donors (Lipinski definition) is 2. The number of amides is 1. The minimum absolute atomic E-state index is 0.0143. The van der Waals surface area contributed by atoms with E-state index in [0.29, 0.717) is 10.6 Å². The minimum Gasteiger partial charge on any atom is -0.389 e. The van der Waals surface area contributed by atoms with Crippen LogP contribution in [0.5, 0.6) is 0 Å². The summed E-state index contributed by atoms with van der Waals surface area (Å²) >= 11 is 1.40. The van der Waals surface area contributed by atoms with E-state index in [-0.39, 0.29) is 11.3 Å². The Hall–Kier alpha value is -1.65. The van der Waals surface area contributed by atoms with Crippen LogP contribution in [0, 0.1) is 0 Å². The van der Waals surface area contributed by atoms with E-state index in [2.05, 4.69) is 26.1 Å². The van der Waals surface area contributed by atoms with E-state index in [1.165, 1.54) is 11.3 Å². The molecule has 0 aliphatic carbocycles. The van der Waals surface area contributed by atoms with Crippen molar-refractivity contribution < 1.29 is 9.90 Å². The van der Waals surface area contributed by atoms with Crippen molar-refractivity contribution in [2.24, 2.45) is 0 Å². The number of rotatable bonds is 3. The number of aliphatic hydroxyl groups is 1. The summed E-state index contributed by atoms with van der Waals surface area (Å²) in [5.74, 6) is -0.141. The van der Waals surface area contributed by atoms with Gasteiger partial charge < -0.3 is 10.4 Å². The maximum absolute atomic E-state index is 12.2. The van der Waals surface area contributed by atoms with Crippen molar-refractivity contribution in [1.29, 1.82) is 0 Å². The Morgan fingerprint density at radius 3 is 2.52 bits per heavy atom. The number of nitrogens with one attached hydrogen (secondary N) is 1. The van der Waals surface area contributed by atoms with E-state index >= 15 is 0 Å². The molecule has 0 spiro atoms. The third-order valence-corrected chi connectivity index (χ3v) is 4.23. The zero-order valence-corrected chi connectivity index (χ0v) is 13.6. The second-order valence-electron chi connectivity index (χ2n) is 6.16. The lowest BCUT2D eigenvalue weighted by atomic mass is 9.85. The maximum Gasteiger partial charge on any atom is 0.265 e. The van der Waals surface area contributed by atoms with Crippen molar-refractivity contribution in [3.05, 3.63) is 51.7 Å². The molecule has 112 valence electrons. The summed E-state index contributed by atoms with van der Waals surface area (Å²) in [6.07, 6.45) is -0.627. The van der Waals surface area contributed by atoms with Crippen LogP contribution < -0.4 is 5.32 Å². The number of hydrogen-bond acceptors (Lipinski definition) is 3. The normalized spacial score (nSPS) is 13.0. The molecule has 1 atom stereocenters. The van der Waals surface area contributed by atoms with E-state index in [0.717, 1.165) is 11.1 Å². The fraction of sp³-hybridized carbons (Fsp3) is 0.353. The second-order valence-corrected chi connectivity index (χ2v) is 7.11. The first-order valence-electron chi connectivity index (χ1n) is 6.96. The van der Waals surface area contributed by atoms with Gasteiger partial charge in [-0.3, -0.25) is 4.79 Å². The quantitative estimate of drug-likeness (QED) is 0.885. The average Bonchev–Trinajstić information content (AvgIpc) is 2.91. The molecule has 21 heavy (non-hydrogen) atoms. The molecule has 1 aromatic heterocycles. The van der Waals surface area contributed by atoms with Crippen molar-refractivity contribution in [2.75, 3.05) is 5.32 Å². The Bertz CT molecular complexity index is 625. The van der Waals surface area contributed by atoms with Crippen LogP contribution in [0.25, 0.3) is 0 Å². The van der Waals surface area contributed by atoms with Gasteiger partial charge in [-0.15, -0.1) is 11.3 Å². The Morgan fingerprint density at radius 2 is 2.00 bits per heavy atom. The summed E-state index contributed by atoms with van der Waals surface area (Å²) in [6.45, 7) is 8.06. The van der Waals surface area contributed by atoms with Crippen molar-refractivity contribution in [3.8, 4) is 0 Å². The van der Waals surface area contributed by atoms with Gasteiger partial charge in [0.25, 0.3) is 5.91 Å². The molecule has 0 saturated heterocycles. The van der Waals surface area contributed by atoms with Crippen LogP contribution in [0.3, 0.4) is 0 Å². The van der Waals surface area contributed by atoms with E-state index in [9.17, 15) is 9.90 Å². The molecule has 2 rings (SSSR count). The zero-order chi connectivity index (χ0) is 15.6. The standard InChI is InChI=1S/C17H21NO2S/c1-11(19)13-8-7-12(17(2,3)4)10-14(13)18-16(20)15-6-5-9-21-15/h5-11,19H,1-4H3,(H,18,20). The second kappa shape index (κ2) is 6.00. The van der Waals surface area contributed by atoms with Gasteiger partial charge in [0.15, 0.2) is 0 Å². The van der Waals surface area contributed by atoms with Crippen LogP contribution in [0.1, 0.15) is 54.6 Å². The first-order chi connectivity index (χ1) is 9.79. The first-order valence-corrected chi connectivity index (χ1v) is 7.84. The lowest BCUT2D eigenvalue weighted by Gasteiger charge is -2.22. The van der Waals surface area contributed by atoms with Gasteiger partial charge in [-0.05, 0) is 35.4 Å². The molecule has 0 bridgehead atoms. The van der Waals surface area contributed by atoms with E-state index in [1.54, 1.807) is 13.0 Å². The average molecular weight is 303 g/mol. The van der Waals surface area contributed by atoms with E-state index in [1.807, 2.05) is 29.6 Å². The highest BCUT2D eigenvalue weighted by Crippen LogP contribution is 2.30. The Morgan fingerprint density at radius 1 is 1.29 bits per heavy atom. The molecule has 3 nitrogen and oxygen atoms in total. The van der Waals surface area contributed by atoms with Crippen LogP contribution in [0.2, 0.25) is 0 Å². The number of aliphatic hydroxyl groups excluding tert-OH is 1. The molecular formula is C17H21NO2S. The van der Waals surface area contributed by atoms with Gasteiger partial charge in [0, 0.05) is 11.3 Å². The summed E-state index contributed by atoms with van der Waals surface area (Å²) in [5.41, 5.74) is 2.51. The van der Waals surface area contributed by atoms with Crippen molar-refractivity contribution >= 4 is 22.9 Å². The predicted octanol–water partition coefficient (Wildman–Crippen LogP) is 4.35. The molecule has 1 unspecified atom stereocenters. The lowest BCUT2D eigenvalue weighted by Crippen LogP contribution is -2.16. The molecule has 0 radical (unpaired) electrons. The summed E-state index contributed by atoms with van der Waals surface area (Å²) in [6, 6.07) is 9.47. The van der Waals surface area contributed by atoms with Crippen molar-refractivity contribution in [1.82, 2.24) is 0 Å². The molecule has 2 N–H and O–H groups in total. The number of anilines is 1. The zero-order valence-electron chi connectivity index (χ0n) is 12.8. The number of benzene rings is 1. The minimum atomic E-state index is -0.627. The molecular weight excluding hydrogens is 282 g/mol. The Kier molecular flexibility index (Phi) is 4.49. The smallest absolute Gasteiger partial charge is 0.265 e. The molecule has 1 amide bonds. The third kappa shape index (κ3) is 3.71. The van der Waals surface area contributed by atoms with Gasteiger partial charge in [0.05, 0.1) is 11.0 Å². The van der Waals surface area contributed by atoms with Crippen LogP contribution in [0.4, 0.5) is 5.69 Å². The van der Waals surface area contributed by atoms with Gasteiger partial charge >= 0.3 is 0 Å². The highest BCUT2D eigenvalue weighted by Gasteiger charge is 2.18. The topological polar surface area (TPSA) is 49.3 Å². The van der Waals surface area contributed by atoms with E-state index < -0.39 is 6.10 Å². The monoisotopic (exact) mass is 303 g/mol. The number of thiophene rings is 1. The van der Waals surface area contributed by atoms with Gasteiger partial charge in [-0.25, -0.2) is 0 Å². The predicted molar refractivity (Wildman–Crippen MR) is 88.0 cm³/mol. The van der Waals surface area contributed by atoms with Gasteiger partial charge in [0.1, 0.15) is 0 Å². The maximum atomic E-state index is 12.2. The van der Waals surface area contributed by atoms with Crippen LogP contribution >= 0.6 is 11.3 Å². The molecule has 0 saturated carbocycles. The molecule has 0 aliphatic heterocycles. The fourth-order valence-electron chi connectivity index (χ4n) is 2.09. The molecule has 2 aromatic rings. The summed E-state index contributed by atoms with van der Waals surface area (Å²) in [4.78, 5) is 12.9. The summed E-state index contributed by atoms with van der Waals surface area (Å²) < 4.78 is 0. The largest absolute Gasteiger partial charge is 0.389 e. The van der Waals surface area contributed by atoms with Crippen LogP contribution in [-0.2, 0) is 5.41 Å². The molecule has 0 aliphatic rings. The number of carbonyl (C=O) groups is 1. The summed E-state index contributed by atoms with van der Waals surface area (Å²) in [7, 11) is 0.